The van der Waals surface area contributed by atoms with Crippen LogP contribution in [0.1, 0.15) is 18.7 Å². The Morgan fingerprint density at radius 3 is 2.95 bits per heavy atom. The highest BCUT2D eigenvalue weighted by molar-refractivity contribution is 6.30. The fourth-order valence-electron chi connectivity index (χ4n) is 1.82. The molecule has 3 rings (SSSR count). The third-order valence-corrected chi connectivity index (χ3v) is 3.00. The number of nitrogens with one attached hydrogen (secondary N) is 1. The van der Waals surface area contributed by atoms with Gasteiger partial charge >= 0.3 is 0 Å². The van der Waals surface area contributed by atoms with Crippen molar-refractivity contribution < 1.29 is 0 Å². The first-order chi connectivity index (χ1) is 9.22. The first kappa shape index (κ1) is 11.9. The maximum atomic E-state index is 5.91. The summed E-state index contributed by atoms with van der Waals surface area (Å²) >= 11 is 5.91. The molecule has 3 aromatic heterocycles. The molecule has 0 aliphatic carbocycles. The molecule has 0 aliphatic heterocycles. The van der Waals surface area contributed by atoms with Crippen LogP contribution < -0.4 is 5.32 Å². The van der Waals surface area contributed by atoms with Crippen molar-refractivity contribution in [2.75, 3.05) is 5.32 Å². The monoisotopic (exact) mass is 273 g/mol. The van der Waals surface area contributed by atoms with Crippen LogP contribution in [0.3, 0.4) is 0 Å². The number of anilines is 1. The molecular weight excluding hydrogens is 262 g/mol. The van der Waals surface area contributed by atoms with Gasteiger partial charge in [0.15, 0.2) is 5.65 Å². The molecular formula is C13H12ClN5. The SMILES string of the molecule is CC(Nc1nc2ccc(Cl)cn2n1)c1ccccn1. The van der Waals surface area contributed by atoms with Crippen molar-refractivity contribution >= 4 is 23.2 Å². The quantitative estimate of drug-likeness (QED) is 0.797. The largest absolute Gasteiger partial charge is 0.345 e. The number of aromatic nitrogens is 4. The van der Waals surface area contributed by atoms with Gasteiger partial charge in [-0.15, -0.1) is 5.10 Å². The summed E-state index contributed by atoms with van der Waals surface area (Å²) in [6.07, 6.45) is 3.49. The van der Waals surface area contributed by atoms with Gasteiger partial charge < -0.3 is 5.32 Å². The molecule has 0 aromatic carbocycles. The second-order valence-corrected chi connectivity index (χ2v) is 4.64. The Kier molecular flexibility index (Phi) is 3.05. The van der Waals surface area contributed by atoms with E-state index in [2.05, 4.69) is 20.4 Å². The fourth-order valence-corrected chi connectivity index (χ4v) is 1.97. The number of halogens is 1. The van der Waals surface area contributed by atoms with E-state index < -0.39 is 0 Å². The highest BCUT2D eigenvalue weighted by atomic mass is 35.5. The van der Waals surface area contributed by atoms with Crippen LogP contribution >= 0.6 is 11.6 Å². The van der Waals surface area contributed by atoms with Gasteiger partial charge in [-0.05, 0) is 31.2 Å². The molecule has 6 heteroatoms. The average molecular weight is 274 g/mol. The summed E-state index contributed by atoms with van der Waals surface area (Å²) in [6.45, 7) is 2.01. The molecule has 3 heterocycles. The van der Waals surface area contributed by atoms with Crippen molar-refractivity contribution in [3.8, 4) is 0 Å². The van der Waals surface area contributed by atoms with Gasteiger partial charge in [0.1, 0.15) is 0 Å². The molecule has 1 N–H and O–H groups in total. The van der Waals surface area contributed by atoms with E-state index in [0.717, 1.165) is 11.3 Å². The Bertz CT molecular complexity index is 695. The third-order valence-electron chi connectivity index (χ3n) is 2.77. The molecule has 1 atom stereocenters. The average Bonchev–Trinajstić information content (AvgIpc) is 2.81. The Labute approximate surface area is 115 Å². The topological polar surface area (TPSA) is 55.1 Å². The number of pyridine rings is 2. The Morgan fingerprint density at radius 2 is 2.16 bits per heavy atom. The highest BCUT2D eigenvalue weighted by Crippen LogP contribution is 2.16. The molecule has 1 unspecified atom stereocenters. The van der Waals surface area contributed by atoms with Gasteiger partial charge in [0.25, 0.3) is 0 Å². The van der Waals surface area contributed by atoms with Crippen LogP contribution in [-0.4, -0.2) is 19.6 Å². The lowest BCUT2D eigenvalue weighted by atomic mass is 10.2. The summed E-state index contributed by atoms with van der Waals surface area (Å²) in [5.41, 5.74) is 1.69. The van der Waals surface area contributed by atoms with Crippen LogP contribution in [0.5, 0.6) is 0 Å². The van der Waals surface area contributed by atoms with Crippen molar-refractivity contribution in [3.05, 3.63) is 53.4 Å². The van der Waals surface area contributed by atoms with Crippen molar-refractivity contribution in [3.63, 3.8) is 0 Å². The van der Waals surface area contributed by atoms with Crippen molar-refractivity contribution in [2.24, 2.45) is 0 Å². The fraction of sp³-hybridized carbons (Fsp3) is 0.154. The molecule has 3 aromatic rings. The molecule has 0 radical (unpaired) electrons. The van der Waals surface area contributed by atoms with Crippen molar-refractivity contribution in [1.29, 1.82) is 0 Å². The second kappa shape index (κ2) is 4.85. The smallest absolute Gasteiger partial charge is 0.243 e. The van der Waals surface area contributed by atoms with E-state index in [-0.39, 0.29) is 6.04 Å². The molecule has 0 fully saturated rings. The summed E-state index contributed by atoms with van der Waals surface area (Å²) in [5, 5.41) is 8.17. The van der Waals surface area contributed by atoms with Crippen LogP contribution in [0.2, 0.25) is 5.02 Å². The minimum Gasteiger partial charge on any atom is -0.345 e. The van der Waals surface area contributed by atoms with Gasteiger partial charge in [-0.1, -0.05) is 17.7 Å². The predicted molar refractivity (Wildman–Crippen MR) is 74.3 cm³/mol. The number of nitrogens with zero attached hydrogens (tertiary/aromatic N) is 4. The zero-order chi connectivity index (χ0) is 13.2. The van der Waals surface area contributed by atoms with Crippen LogP contribution in [0.25, 0.3) is 5.65 Å². The maximum Gasteiger partial charge on any atom is 0.243 e. The van der Waals surface area contributed by atoms with E-state index in [1.54, 1.807) is 23.0 Å². The lowest BCUT2D eigenvalue weighted by Crippen LogP contribution is -2.09. The van der Waals surface area contributed by atoms with Gasteiger partial charge in [-0.2, -0.15) is 4.98 Å². The molecule has 96 valence electrons. The number of hydrogen-bond acceptors (Lipinski definition) is 4. The number of fused-ring (bicyclic) bond motifs is 1. The van der Waals surface area contributed by atoms with Crippen LogP contribution in [0.4, 0.5) is 5.95 Å². The Hall–Kier alpha value is -2.14. The summed E-state index contributed by atoms with van der Waals surface area (Å²) in [7, 11) is 0. The first-order valence-corrected chi connectivity index (χ1v) is 6.29. The Balaban J connectivity index is 1.85. The number of rotatable bonds is 3. The normalized spacial score (nSPS) is 12.5. The molecule has 0 bridgehead atoms. The zero-order valence-corrected chi connectivity index (χ0v) is 11.0. The minimum atomic E-state index is 0.0362. The van der Waals surface area contributed by atoms with E-state index in [4.69, 9.17) is 11.6 Å². The second-order valence-electron chi connectivity index (χ2n) is 4.21. The standard InChI is InChI=1S/C13H12ClN5/c1-9(11-4-2-3-7-15-11)16-13-17-12-6-5-10(14)8-19(12)18-13/h2-9H,1H3,(H,16,18). The van der Waals surface area contributed by atoms with E-state index in [1.165, 1.54) is 0 Å². The maximum absolute atomic E-state index is 5.91. The Morgan fingerprint density at radius 1 is 1.26 bits per heavy atom. The van der Waals surface area contributed by atoms with Gasteiger partial charge in [-0.3, -0.25) is 4.98 Å². The van der Waals surface area contributed by atoms with Gasteiger partial charge in [0.2, 0.25) is 5.95 Å². The van der Waals surface area contributed by atoms with E-state index in [1.807, 2.05) is 31.2 Å². The third kappa shape index (κ3) is 2.51. The van der Waals surface area contributed by atoms with Gasteiger partial charge in [0, 0.05) is 12.4 Å². The number of hydrogen-bond donors (Lipinski definition) is 1. The van der Waals surface area contributed by atoms with Crippen LogP contribution in [-0.2, 0) is 0 Å². The molecule has 0 saturated carbocycles. The van der Waals surface area contributed by atoms with Crippen molar-refractivity contribution in [2.45, 2.75) is 13.0 Å². The molecule has 0 spiro atoms. The zero-order valence-electron chi connectivity index (χ0n) is 10.3. The molecule has 0 saturated heterocycles. The van der Waals surface area contributed by atoms with E-state index in [9.17, 15) is 0 Å². The highest BCUT2D eigenvalue weighted by Gasteiger charge is 2.10. The van der Waals surface area contributed by atoms with Crippen LogP contribution in [0, 0.1) is 0 Å². The summed E-state index contributed by atoms with van der Waals surface area (Å²) in [4.78, 5) is 8.67. The molecule has 5 nitrogen and oxygen atoms in total. The first-order valence-electron chi connectivity index (χ1n) is 5.92. The van der Waals surface area contributed by atoms with Crippen molar-refractivity contribution in [1.82, 2.24) is 19.6 Å². The molecule has 0 amide bonds. The van der Waals surface area contributed by atoms with Gasteiger partial charge in [0.05, 0.1) is 16.8 Å². The predicted octanol–water partition coefficient (Wildman–Crippen LogP) is 2.95. The molecule has 19 heavy (non-hydrogen) atoms. The van der Waals surface area contributed by atoms with Crippen LogP contribution in [0.15, 0.2) is 42.7 Å². The summed E-state index contributed by atoms with van der Waals surface area (Å²) in [5.74, 6) is 0.556. The lowest BCUT2D eigenvalue weighted by molar-refractivity contribution is 0.818. The summed E-state index contributed by atoms with van der Waals surface area (Å²) < 4.78 is 1.65. The summed E-state index contributed by atoms with van der Waals surface area (Å²) in [6, 6.07) is 9.46. The lowest BCUT2D eigenvalue weighted by Gasteiger charge is -2.10. The minimum absolute atomic E-state index is 0.0362. The van der Waals surface area contributed by atoms with E-state index >= 15 is 0 Å². The molecule has 0 aliphatic rings. The van der Waals surface area contributed by atoms with E-state index in [0.29, 0.717) is 11.0 Å². The van der Waals surface area contributed by atoms with Gasteiger partial charge in [-0.25, -0.2) is 4.52 Å².